The maximum atomic E-state index is 13.7. The van der Waals surface area contributed by atoms with E-state index in [1.165, 1.54) is 22.8 Å². The van der Waals surface area contributed by atoms with Gasteiger partial charge >= 0.3 is 11.9 Å². The number of thiazole rings is 1. The van der Waals surface area contributed by atoms with Gasteiger partial charge in [-0.15, -0.1) is 0 Å². The van der Waals surface area contributed by atoms with Gasteiger partial charge in [0.25, 0.3) is 5.56 Å². The molecule has 1 aromatic heterocycles. The number of carbonyl (C=O) groups excluding carboxylic acids is 2. The number of carbonyl (C=O) groups is 2. The van der Waals surface area contributed by atoms with Crippen molar-refractivity contribution in [1.82, 2.24) is 4.57 Å². The van der Waals surface area contributed by atoms with E-state index >= 15 is 0 Å². The summed E-state index contributed by atoms with van der Waals surface area (Å²) < 4.78 is 19.2. The second kappa shape index (κ2) is 11.3. The number of ether oxygens (including phenoxy) is 3. The van der Waals surface area contributed by atoms with Crippen LogP contribution in [0.15, 0.2) is 68.0 Å². The van der Waals surface area contributed by atoms with Crippen LogP contribution in [0.3, 0.4) is 0 Å². The summed E-state index contributed by atoms with van der Waals surface area (Å²) in [4.78, 5) is 43.5. The first-order chi connectivity index (χ1) is 17.7. The van der Waals surface area contributed by atoms with Crippen LogP contribution in [0.4, 0.5) is 0 Å². The molecule has 0 amide bonds. The topological polar surface area (TPSA) is 96.2 Å². The lowest BCUT2D eigenvalue weighted by atomic mass is 9.95. The molecule has 0 saturated heterocycles. The monoisotopic (exact) mass is 584 g/mol. The number of hydrogen-bond acceptors (Lipinski definition) is 8. The van der Waals surface area contributed by atoms with Gasteiger partial charge < -0.3 is 14.2 Å². The molecule has 0 fully saturated rings. The third-order valence-corrected chi connectivity index (χ3v) is 6.98. The highest BCUT2D eigenvalue weighted by Gasteiger charge is 2.34. The van der Waals surface area contributed by atoms with Gasteiger partial charge in [0.15, 0.2) is 16.3 Å². The molecular formula is C27H25BrN2O6S. The molecule has 0 aliphatic carbocycles. The number of benzene rings is 2. The van der Waals surface area contributed by atoms with Crippen LogP contribution in [-0.2, 0) is 14.3 Å². The lowest BCUT2D eigenvalue weighted by molar-refractivity contribution is -0.139. The van der Waals surface area contributed by atoms with Crippen LogP contribution in [-0.4, -0.2) is 29.7 Å². The standard InChI is InChI=1S/C27H25BrN2O6S/c1-5-34-21-14-18(10-11-20(21)36-16(4)31)24-23(26(33)35-6-2)15(3)29-27-30(24)25(32)22(37-27)13-17-8-7-9-19(28)12-17/h7-14,24H,5-6H2,1-4H3/b22-13+. The molecule has 3 aromatic rings. The number of halogens is 1. The molecule has 0 spiro atoms. The van der Waals surface area contributed by atoms with E-state index in [0.29, 0.717) is 33.0 Å². The Hall–Kier alpha value is -3.50. The van der Waals surface area contributed by atoms with Crippen molar-refractivity contribution >= 4 is 45.3 Å². The van der Waals surface area contributed by atoms with Crippen molar-refractivity contribution in [2.24, 2.45) is 4.99 Å². The number of nitrogens with zero attached hydrogens (tertiary/aromatic N) is 2. The van der Waals surface area contributed by atoms with Crippen LogP contribution in [0.2, 0.25) is 0 Å². The van der Waals surface area contributed by atoms with Crippen molar-refractivity contribution in [1.29, 1.82) is 0 Å². The second-order valence-electron chi connectivity index (χ2n) is 8.09. The maximum absolute atomic E-state index is 13.7. The molecule has 10 heteroatoms. The summed E-state index contributed by atoms with van der Waals surface area (Å²) >= 11 is 4.70. The van der Waals surface area contributed by atoms with Crippen LogP contribution in [0.25, 0.3) is 6.08 Å². The highest BCUT2D eigenvalue weighted by atomic mass is 79.9. The van der Waals surface area contributed by atoms with Crippen molar-refractivity contribution in [2.45, 2.75) is 33.7 Å². The number of esters is 2. The third kappa shape index (κ3) is 5.60. The SMILES string of the molecule is CCOC(=O)C1=C(C)N=c2s/c(=C/c3cccc(Br)c3)c(=O)n2C1c1ccc(OC(C)=O)c(OCC)c1. The molecule has 2 aromatic carbocycles. The van der Waals surface area contributed by atoms with E-state index in [4.69, 9.17) is 14.2 Å². The van der Waals surface area contributed by atoms with Gasteiger partial charge in [-0.25, -0.2) is 9.79 Å². The summed E-state index contributed by atoms with van der Waals surface area (Å²) in [6, 6.07) is 11.8. The molecule has 192 valence electrons. The predicted octanol–water partition coefficient (Wildman–Crippen LogP) is 3.88. The number of aromatic nitrogens is 1. The van der Waals surface area contributed by atoms with Crippen LogP contribution in [0, 0.1) is 0 Å². The summed E-state index contributed by atoms with van der Waals surface area (Å²) in [6.07, 6.45) is 1.80. The fourth-order valence-electron chi connectivity index (χ4n) is 4.06. The molecule has 1 atom stereocenters. The first kappa shape index (κ1) is 26.6. The molecule has 1 aliphatic heterocycles. The Morgan fingerprint density at radius 1 is 1.14 bits per heavy atom. The van der Waals surface area contributed by atoms with E-state index in [1.54, 1.807) is 38.1 Å². The summed E-state index contributed by atoms with van der Waals surface area (Å²) in [6.45, 7) is 7.05. The Morgan fingerprint density at radius 3 is 2.59 bits per heavy atom. The number of hydrogen-bond donors (Lipinski definition) is 0. The number of rotatable bonds is 7. The molecule has 4 rings (SSSR count). The average Bonchev–Trinajstić information content (AvgIpc) is 3.13. The normalized spacial score (nSPS) is 15.2. The van der Waals surface area contributed by atoms with Gasteiger partial charge in [0.2, 0.25) is 0 Å². The largest absolute Gasteiger partial charge is 0.490 e. The van der Waals surface area contributed by atoms with Gasteiger partial charge in [-0.1, -0.05) is 45.5 Å². The third-order valence-electron chi connectivity index (χ3n) is 5.50. The van der Waals surface area contributed by atoms with E-state index in [-0.39, 0.29) is 23.5 Å². The second-order valence-corrected chi connectivity index (χ2v) is 10.0. The molecule has 1 unspecified atom stereocenters. The summed E-state index contributed by atoms with van der Waals surface area (Å²) in [5, 5.41) is 0. The minimum Gasteiger partial charge on any atom is -0.490 e. The predicted molar refractivity (Wildman–Crippen MR) is 143 cm³/mol. The summed E-state index contributed by atoms with van der Waals surface area (Å²) in [5.41, 5.74) is 1.87. The average molecular weight is 585 g/mol. The fraction of sp³-hybridized carbons (Fsp3) is 0.259. The van der Waals surface area contributed by atoms with Crippen LogP contribution in [0.5, 0.6) is 11.5 Å². The summed E-state index contributed by atoms with van der Waals surface area (Å²) in [5.74, 6) is -0.475. The Balaban J connectivity index is 1.95. The Bertz CT molecular complexity index is 1590. The van der Waals surface area contributed by atoms with Crippen molar-refractivity contribution in [3.8, 4) is 11.5 Å². The zero-order valence-electron chi connectivity index (χ0n) is 20.7. The van der Waals surface area contributed by atoms with Crippen molar-refractivity contribution in [3.63, 3.8) is 0 Å². The molecular weight excluding hydrogens is 560 g/mol. The molecule has 2 heterocycles. The first-order valence-corrected chi connectivity index (χ1v) is 13.2. The van der Waals surface area contributed by atoms with Crippen molar-refractivity contribution in [3.05, 3.63) is 89.0 Å². The Morgan fingerprint density at radius 2 is 1.92 bits per heavy atom. The van der Waals surface area contributed by atoms with E-state index in [2.05, 4.69) is 20.9 Å². The van der Waals surface area contributed by atoms with Crippen LogP contribution >= 0.6 is 27.3 Å². The zero-order valence-corrected chi connectivity index (χ0v) is 23.1. The zero-order chi connectivity index (χ0) is 26.7. The number of allylic oxidation sites excluding steroid dienone is 1. The lowest BCUT2D eigenvalue weighted by Crippen LogP contribution is -2.40. The minimum absolute atomic E-state index is 0.172. The quantitative estimate of drug-likeness (QED) is 0.309. The van der Waals surface area contributed by atoms with Gasteiger partial charge in [-0.2, -0.15) is 0 Å². The van der Waals surface area contributed by atoms with Gasteiger partial charge in [0, 0.05) is 11.4 Å². The highest BCUT2D eigenvalue weighted by Crippen LogP contribution is 2.36. The Kier molecular flexibility index (Phi) is 8.09. The van der Waals surface area contributed by atoms with Gasteiger partial charge in [-0.3, -0.25) is 14.2 Å². The van der Waals surface area contributed by atoms with E-state index < -0.39 is 18.0 Å². The van der Waals surface area contributed by atoms with Gasteiger partial charge in [-0.05, 0) is 62.2 Å². The molecule has 0 radical (unpaired) electrons. The first-order valence-electron chi connectivity index (χ1n) is 11.6. The summed E-state index contributed by atoms with van der Waals surface area (Å²) in [7, 11) is 0. The molecule has 0 N–H and O–H groups in total. The maximum Gasteiger partial charge on any atom is 0.338 e. The molecule has 0 saturated carbocycles. The minimum atomic E-state index is -0.814. The smallest absolute Gasteiger partial charge is 0.338 e. The van der Waals surface area contributed by atoms with Gasteiger partial charge in [0.1, 0.15) is 0 Å². The molecule has 0 bridgehead atoms. The molecule has 8 nitrogen and oxygen atoms in total. The fourth-order valence-corrected chi connectivity index (χ4v) is 5.52. The Labute approximate surface area is 225 Å². The van der Waals surface area contributed by atoms with Crippen LogP contribution in [0.1, 0.15) is 44.9 Å². The number of fused-ring (bicyclic) bond motifs is 1. The molecule has 37 heavy (non-hydrogen) atoms. The van der Waals surface area contributed by atoms with Crippen molar-refractivity contribution in [2.75, 3.05) is 13.2 Å². The van der Waals surface area contributed by atoms with E-state index in [1.807, 2.05) is 31.2 Å². The van der Waals surface area contributed by atoms with Crippen LogP contribution < -0.4 is 24.4 Å². The van der Waals surface area contributed by atoms with Crippen molar-refractivity contribution < 1.29 is 23.8 Å². The van der Waals surface area contributed by atoms with E-state index in [9.17, 15) is 14.4 Å². The van der Waals surface area contributed by atoms with Gasteiger partial charge in [0.05, 0.1) is 35.1 Å². The molecule has 1 aliphatic rings. The lowest BCUT2D eigenvalue weighted by Gasteiger charge is -2.25. The highest BCUT2D eigenvalue weighted by molar-refractivity contribution is 9.10. The van der Waals surface area contributed by atoms with E-state index in [0.717, 1.165) is 10.0 Å².